The smallest absolute Gasteiger partial charge is 0.136 e. The Morgan fingerprint density at radius 2 is 2.08 bits per heavy atom. The zero-order valence-corrected chi connectivity index (χ0v) is 16.7. The number of methoxy groups -OCH3 is 1. The van der Waals surface area contributed by atoms with E-state index < -0.39 is 6.10 Å². The van der Waals surface area contributed by atoms with Crippen LogP contribution in [0.4, 0.5) is 0 Å². The average molecular weight is 366 g/mol. The molecule has 8 atom stereocenters. The first-order valence-electron chi connectivity index (χ1n) is 10.5. The monoisotopic (exact) mass is 365 g/mol. The fourth-order valence-electron chi connectivity index (χ4n) is 7.63. The molecule has 5 heteroatoms. The van der Waals surface area contributed by atoms with E-state index in [0.717, 1.165) is 38.6 Å². The Kier molecular flexibility index (Phi) is 4.74. The molecule has 4 aliphatic rings. The molecular weight excluding hydrogens is 330 g/mol. The highest BCUT2D eigenvalue weighted by molar-refractivity contribution is 5.83. The molecule has 1 aliphatic heterocycles. The second kappa shape index (κ2) is 6.54. The maximum Gasteiger partial charge on any atom is 0.136 e. The van der Waals surface area contributed by atoms with Gasteiger partial charge in [0.2, 0.25) is 0 Å². The number of rotatable bonds is 3. The van der Waals surface area contributed by atoms with Crippen LogP contribution in [-0.4, -0.2) is 66.9 Å². The van der Waals surface area contributed by atoms with Crippen LogP contribution in [0.3, 0.4) is 0 Å². The number of nitrogens with zero attached hydrogens (tertiary/aromatic N) is 1. The number of aliphatic hydroxyl groups is 1. The fraction of sp³-hybridized carbons (Fsp3) is 0.952. The van der Waals surface area contributed by atoms with E-state index in [4.69, 9.17) is 9.47 Å². The summed E-state index contributed by atoms with van der Waals surface area (Å²) in [6.45, 7) is 5.82. The minimum atomic E-state index is -0.503. The Bertz CT molecular complexity index is 568. The van der Waals surface area contributed by atoms with Crippen molar-refractivity contribution in [2.75, 3.05) is 27.3 Å². The Balaban J connectivity index is 1.88. The summed E-state index contributed by atoms with van der Waals surface area (Å²) in [7, 11) is 3.92. The molecule has 0 aromatic heterocycles. The lowest BCUT2D eigenvalue weighted by Gasteiger charge is -2.72. The molecule has 3 saturated carbocycles. The second-order valence-corrected chi connectivity index (χ2v) is 9.16. The summed E-state index contributed by atoms with van der Waals surface area (Å²) in [5.74, 6) is 0.844. The van der Waals surface area contributed by atoms with Gasteiger partial charge in [-0.2, -0.15) is 0 Å². The molecule has 1 saturated heterocycles. The van der Waals surface area contributed by atoms with E-state index in [2.05, 4.69) is 25.8 Å². The quantitative estimate of drug-likeness (QED) is 0.831. The molecule has 0 aromatic rings. The van der Waals surface area contributed by atoms with Crippen LogP contribution < -0.4 is 0 Å². The summed E-state index contributed by atoms with van der Waals surface area (Å²) in [6, 6.07) is 0.347. The van der Waals surface area contributed by atoms with Crippen LogP contribution in [0.15, 0.2) is 0 Å². The molecule has 3 aliphatic carbocycles. The molecular formula is C21H35NO4. The first-order valence-corrected chi connectivity index (χ1v) is 10.5. The van der Waals surface area contributed by atoms with Crippen molar-refractivity contribution in [3.63, 3.8) is 0 Å². The number of hydrogen-bond acceptors (Lipinski definition) is 5. The van der Waals surface area contributed by atoms with Crippen LogP contribution in [0.1, 0.15) is 52.4 Å². The number of aliphatic hydroxyl groups excluding tert-OH is 1. The summed E-state index contributed by atoms with van der Waals surface area (Å²) >= 11 is 0. The molecule has 1 N–H and O–H groups in total. The van der Waals surface area contributed by atoms with Gasteiger partial charge in [0.05, 0.1) is 17.8 Å². The van der Waals surface area contributed by atoms with Crippen LogP contribution in [-0.2, 0) is 14.3 Å². The molecule has 5 unspecified atom stereocenters. The standard InChI is InChI=1S/C21H35NO4/c1-5-26-21-9-8-15(23)13(2)20(21)10-11-22(3)17(21)12-14-6-7-16(25-4)19(24)18(14)20/h13-14,16-19,24H,5-12H2,1-4H3/t13-,14?,16?,17?,18?,19?,20-,21-/m1/s1. The lowest BCUT2D eigenvalue weighted by molar-refractivity contribution is -0.303. The molecule has 0 amide bonds. The van der Waals surface area contributed by atoms with Crippen LogP contribution in [0, 0.1) is 23.2 Å². The number of likely N-dealkylation sites (tertiary alicyclic amines) is 1. The zero-order chi connectivity index (χ0) is 18.7. The van der Waals surface area contributed by atoms with Gasteiger partial charge >= 0.3 is 0 Å². The molecule has 4 rings (SSSR count). The van der Waals surface area contributed by atoms with Gasteiger partial charge in [0.15, 0.2) is 0 Å². The lowest BCUT2D eigenvalue weighted by atomic mass is 9.39. The van der Waals surface area contributed by atoms with E-state index >= 15 is 0 Å². The van der Waals surface area contributed by atoms with E-state index in [0.29, 0.717) is 30.8 Å². The largest absolute Gasteiger partial charge is 0.390 e. The summed E-state index contributed by atoms with van der Waals surface area (Å²) in [5, 5.41) is 11.4. The van der Waals surface area contributed by atoms with Gasteiger partial charge in [-0.05, 0) is 64.5 Å². The summed E-state index contributed by atoms with van der Waals surface area (Å²) in [4.78, 5) is 15.4. The Morgan fingerprint density at radius 1 is 1.31 bits per heavy atom. The summed E-state index contributed by atoms with van der Waals surface area (Å²) in [5.41, 5.74) is -0.588. The Morgan fingerprint density at radius 3 is 2.77 bits per heavy atom. The van der Waals surface area contributed by atoms with E-state index in [-0.39, 0.29) is 29.0 Å². The number of hydrogen-bond donors (Lipinski definition) is 1. The maximum absolute atomic E-state index is 12.9. The number of fused-ring (bicyclic) bond motifs is 1. The van der Waals surface area contributed by atoms with Gasteiger partial charge in [-0.3, -0.25) is 4.79 Å². The van der Waals surface area contributed by atoms with Gasteiger partial charge in [0.1, 0.15) is 5.78 Å². The van der Waals surface area contributed by atoms with Gasteiger partial charge in [-0.15, -0.1) is 0 Å². The van der Waals surface area contributed by atoms with Crippen molar-refractivity contribution in [2.45, 2.75) is 76.2 Å². The molecule has 4 fully saturated rings. The van der Waals surface area contributed by atoms with Crippen molar-refractivity contribution < 1.29 is 19.4 Å². The predicted octanol–water partition coefficient (Wildman–Crippen LogP) is 2.26. The number of piperidine rings is 1. The van der Waals surface area contributed by atoms with Crippen LogP contribution in [0.5, 0.6) is 0 Å². The normalized spacial score (nSPS) is 51.7. The first kappa shape index (κ1) is 18.9. The van der Waals surface area contributed by atoms with Gasteiger partial charge < -0.3 is 19.5 Å². The molecule has 2 bridgehead atoms. The van der Waals surface area contributed by atoms with Crippen molar-refractivity contribution in [1.29, 1.82) is 0 Å². The fourth-order valence-corrected chi connectivity index (χ4v) is 7.63. The number of ketones is 1. The summed E-state index contributed by atoms with van der Waals surface area (Å²) in [6.07, 6.45) is 4.77. The van der Waals surface area contributed by atoms with E-state index in [1.807, 2.05) is 0 Å². The van der Waals surface area contributed by atoms with Gasteiger partial charge in [-0.1, -0.05) is 6.92 Å². The molecule has 148 valence electrons. The highest BCUT2D eigenvalue weighted by Crippen LogP contribution is 2.67. The first-order chi connectivity index (χ1) is 12.4. The third kappa shape index (κ3) is 2.20. The SMILES string of the molecule is CCO[C@@]12CCC(=O)[C@@H](C)[C@@]13CCN(C)C2CC1CCC(OC)C(O)C13. The van der Waals surface area contributed by atoms with Gasteiger partial charge in [0, 0.05) is 37.5 Å². The maximum atomic E-state index is 12.9. The molecule has 1 heterocycles. The average Bonchev–Trinajstić information content (AvgIpc) is 2.62. The third-order valence-corrected chi connectivity index (χ3v) is 8.64. The molecule has 0 radical (unpaired) electrons. The molecule has 0 aromatic carbocycles. The minimum Gasteiger partial charge on any atom is -0.390 e. The van der Waals surface area contributed by atoms with Crippen molar-refractivity contribution in [3.8, 4) is 0 Å². The van der Waals surface area contributed by atoms with E-state index in [9.17, 15) is 9.90 Å². The van der Waals surface area contributed by atoms with Crippen molar-refractivity contribution in [3.05, 3.63) is 0 Å². The van der Waals surface area contributed by atoms with Crippen LogP contribution >= 0.6 is 0 Å². The van der Waals surface area contributed by atoms with Gasteiger partial charge in [-0.25, -0.2) is 0 Å². The van der Waals surface area contributed by atoms with Crippen LogP contribution in [0.2, 0.25) is 0 Å². The summed E-state index contributed by atoms with van der Waals surface area (Å²) < 4.78 is 12.3. The van der Waals surface area contributed by atoms with Gasteiger partial charge in [0.25, 0.3) is 0 Å². The third-order valence-electron chi connectivity index (χ3n) is 8.64. The van der Waals surface area contributed by atoms with E-state index in [1.165, 1.54) is 0 Å². The van der Waals surface area contributed by atoms with Crippen LogP contribution in [0.25, 0.3) is 0 Å². The van der Waals surface area contributed by atoms with E-state index in [1.54, 1.807) is 7.11 Å². The number of likely N-dealkylation sites (N-methyl/N-ethyl adjacent to an activating group) is 1. The Hall–Kier alpha value is -0.490. The lowest BCUT2D eigenvalue weighted by Crippen LogP contribution is -2.79. The Labute approximate surface area is 157 Å². The van der Waals surface area contributed by atoms with Crippen molar-refractivity contribution in [1.82, 2.24) is 4.90 Å². The second-order valence-electron chi connectivity index (χ2n) is 9.16. The molecule has 26 heavy (non-hydrogen) atoms. The zero-order valence-electron chi connectivity index (χ0n) is 16.7. The number of Topliss-reactive ketones (excluding diaryl/α,β-unsaturated/α-hetero) is 1. The topological polar surface area (TPSA) is 59.0 Å². The highest BCUT2D eigenvalue weighted by atomic mass is 16.5. The number of carbonyl (C=O) groups excluding carboxylic acids is 1. The number of ether oxygens (including phenoxy) is 2. The minimum absolute atomic E-state index is 0.0583. The molecule has 0 spiro atoms. The highest BCUT2D eigenvalue weighted by Gasteiger charge is 2.73. The van der Waals surface area contributed by atoms with Crippen molar-refractivity contribution in [2.24, 2.45) is 23.2 Å². The predicted molar refractivity (Wildman–Crippen MR) is 98.9 cm³/mol. The molecule has 5 nitrogen and oxygen atoms in total. The van der Waals surface area contributed by atoms with Crippen molar-refractivity contribution >= 4 is 5.78 Å². The number of carbonyl (C=O) groups is 1.